The minimum absolute atomic E-state index is 0.149. The van der Waals surface area contributed by atoms with Gasteiger partial charge in [0.05, 0.1) is 0 Å². The molecule has 0 atom stereocenters. The molecule has 0 radical (unpaired) electrons. The van der Waals surface area contributed by atoms with Crippen LogP contribution in [-0.2, 0) is 8.98 Å². The van der Waals surface area contributed by atoms with Crippen molar-refractivity contribution in [2.24, 2.45) is 0 Å². The average molecular weight is 589 g/mol. The van der Waals surface area contributed by atoms with Gasteiger partial charge in [-0.3, -0.25) is 4.79 Å². The van der Waals surface area contributed by atoms with E-state index in [1.807, 2.05) is 6.92 Å². The molecule has 3 heteroatoms. The van der Waals surface area contributed by atoms with Gasteiger partial charge < -0.3 is 4.18 Å². The van der Waals surface area contributed by atoms with Crippen molar-refractivity contribution in [1.82, 2.24) is 0 Å². The molecule has 0 N–H and O–H groups in total. The summed E-state index contributed by atoms with van der Waals surface area (Å²) in [6.45, 7) is 29.3. The third-order valence-electron chi connectivity index (χ3n) is 8.32. The van der Waals surface area contributed by atoms with E-state index in [2.05, 4.69) is 138 Å². The van der Waals surface area contributed by atoms with Crippen molar-refractivity contribution in [2.45, 2.75) is 147 Å². The first-order valence-corrected chi connectivity index (χ1v) is 17.7. The predicted octanol–water partition coefficient (Wildman–Crippen LogP) is 12.6. The Morgan fingerprint density at radius 1 is 0.571 bits per heavy atom. The zero-order valence-electron chi connectivity index (χ0n) is 28.6. The molecule has 42 heavy (non-hydrogen) atoms. The number of hydrogen-bond acceptors (Lipinski definition) is 2. The van der Waals surface area contributed by atoms with Gasteiger partial charge in [-0.2, -0.15) is 0 Å². The van der Waals surface area contributed by atoms with Crippen LogP contribution < -0.4 is 0 Å². The maximum absolute atomic E-state index is 13.8. The molecule has 0 aliphatic carbocycles. The van der Waals surface area contributed by atoms with Gasteiger partial charge in [-0.25, -0.2) is 0 Å². The summed E-state index contributed by atoms with van der Waals surface area (Å²) in [5.41, 5.74) is 7.88. The van der Waals surface area contributed by atoms with Gasteiger partial charge in [0.25, 0.3) is 0 Å². The van der Waals surface area contributed by atoms with Gasteiger partial charge in [-0.05, 0) is 91.3 Å². The number of rotatable bonds is 11. The Hall–Kier alpha value is -2.52. The van der Waals surface area contributed by atoms with Crippen LogP contribution in [0.15, 0.2) is 69.3 Å². The van der Waals surface area contributed by atoms with Crippen LogP contribution >= 0.6 is 10.3 Å². The van der Waals surface area contributed by atoms with Crippen LogP contribution in [0.1, 0.15) is 165 Å². The molecule has 0 aliphatic rings. The topological polar surface area (TPSA) is 26.3 Å². The Morgan fingerprint density at radius 3 is 1.17 bits per heavy atom. The normalized spacial score (nSPS) is 12.8. The average Bonchev–Trinajstić information content (AvgIpc) is 2.94. The molecule has 0 spiro atoms. The lowest BCUT2D eigenvalue weighted by molar-refractivity contribution is -0.133. The van der Waals surface area contributed by atoms with Gasteiger partial charge in [0.1, 0.15) is 0 Å². The highest BCUT2D eigenvalue weighted by Crippen LogP contribution is 2.74. The summed E-state index contributed by atoms with van der Waals surface area (Å²) in [6.07, 6.45) is 0.331. The van der Waals surface area contributed by atoms with Crippen molar-refractivity contribution in [3.8, 4) is 0 Å². The lowest BCUT2D eigenvalue weighted by atomic mass is 9.89. The second-order valence-electron chi connectivity index (χ2n) is 13.7. The standard InChI is InChI=1S/C39H56O2S/c1-14-37(40)41-42(32-18-16-15-17-19-32,38-33(26(6)7)20-30(24(2)3)21-34(38)27(8)9)39-35(28(10)11)22-31(25(4)5)23-36(39)29(12)13/h15-29H,14H2,1-13H3. The Bertz CT molecular complexity index is 1230. The molecule has 0 fully saturated rings. The predicted molar refractivity (Wildman–Crippen MR) is 183 cm³/mol. The van der Waals surface area contributed by atoms with Crippen molar-refractivity contribution in [3.63, 3.8) is 0 Å². The molecule has 3 aromatic carbocycles. The van der Waals surface area contributed by atoms with Crippen molar-refractivity contribution < 1.29 is 8.98 Å². The Labute approximate surface area is 259 Å². The van der Waals surface area contributed by atoms with Gasteiger partial charge in [0.15, 0.2) is 0 Å². The lowest BCUT2D eigenvalue weighted by Crippen LogP contribution is -2.21. The summed E-state index contributed by atoms with van der Waals surface area (Å²) in [6, 6.07) is 20.3. The van der Waals surface area contributed by atoms with E-state index in [1.54, 1.807) is 0 Å². The van der Waals surface area contributed by atoms with E-state index in [1.165, 1.54) is 43.2 Å². The van der Waals surface area contributed by atoms with Crippen LogP contribution in [-0.4, -0.2) is 5.97 Å². The number of carbonyl (C=O) groups is 1. The molecule has 0 amide bonds. The third-order valence-corrected chi connectivity index (χ3v) is 11.8. The molecular weight excluding hydrogens is 532 g/mol. The van der Waals surface area contributed by atoms with E-state index >= 15 is 0 Å². The number of hydrogen-bond donors (Lipinski definition) is 0. The number of carbonyl (C=O) groups excluding carboxylic acids is 1. The maximum Gasteiger partial charge on any atom is 0.316 e. The van der Waals surface area contributed by atoms with Gasteiger partial charge in [0, 0.05) is 21.1 Å². The molecule has 2 nitrogen and oxygen atoms in total. The number of benzene rings is 3. The van der Waals surface area contributed by atoms with Crippen molar-refractivity contribution in [3.05, 3.63) is 88.0 Å². The molecular formula is C39H56O2S. The first kappa shape index (κ1) is 34.0. The maximum atomic E-state index is 13.8. The Balaban J connectivity index is 2.81. The molecule has 3 rings (SSSR count). The van der Waals surface area contributed by atoms with Crippen LogP contribution in [0.2, 0.25) is 0 Å². The zero-order chi connectivity index (χ0) is 31.5. The fourth-order valence-corrected chi connectivity index (χ4v) is 10.1. The molecule has 0 aromatic heterocycles. The summed E-state index contributed by atoms with van der Waals surface area (Å²) in [5, 5.41) is 0. The lowest BCUT2D eigenvalue weighted by Gasteiger charge is -2.46. The van der Waals surface area contributed by atoms with Gasteiger partial charge in [-0.15, -0.1) is 0 Å². The van der Waals surface area contributed by atoms with Gasteiger partial charge >= 0.3 is 5.97 Å². The molecule has 0 saturated heterocycles. The van der Waals surface area contributed by atoms with Crippen LogP contribution in [0, 0.1) is 0 Å². The van der Waals surface area contributed by atoms with Crippen LogP contribution in [0.25, 0.3) is 0 Å². The van der Waals surface area contributed by atoms with Crippen molar-refractivity contribution in [2.75, 3.05) is 0 Å². The molecule has 0 unspecified atom stereocenters. The van der Waals surface area contributed by atoms with Crippen LogP contribution in [0.4, 0.5) is 0 Å². The van der Waals surface area contributed by atoms with Crippen molar-refractivity contribution in [1.29, 1.82) is 0 Å². The SMILES string of the molecule is CCC(=O)OS(c1ccccc1)(c1c(C(C)C)cc(C(C)C)cc1C(C)C)c1c(C(C)C)cc(C(C)C)cc1C(C)C. The van der Waals surface area contributed by atoms with Gasteiger partial charge in [0.2, 0.25) is 0 Å². The largest absolute Gasteiger partial charge is 0.402 e. The summed E-state index contributed by atoms with van der Waals surface area (Å²) >= 11 is 0. The highest BCUT2D eigenvalue weighted by atomic mass is 32.3. The first-order chi connectivity index (χ1) is 19.7. The van der Waals surface area contributed by atoms with Crippen LogP contribution in [0.5, 0.6) is 0 Å². The molecule has 0 saturated carbocycles. The molecule has 230 valence electrons. The Morgan fingerprint density at radius 2 is 0.905 bits per heavy atom. The van der Waals surface area contributed by atoms with E-state index in [9.17, 15) is 4.79 Å². The summed E-state index contributed by atoms with van der Waals surface area (Å²) in [7, 11) is -2.48. The second kappa shape index (κ2) is 13.8. The fourth-order valence-electron chi connectivity index (χ4n) is 5.72. The van der Waals surface area contributed by atoms with E-state index in [0.717, 1.165) is 4.90 Å². The minimum Gasteiger partial charge on any atom is -0.402 e. The van der Waals surface area contributed by atoms with E-state index in [4.69, 9.17) is 4.18 Å². The first-order valence-electron chi connectivity index (χ1n) is 16.1. The second-order valence-corrected chi connectivity index (χ2v) is 16.2. The smallest absolute Gasteiger partial charge is 0.316 e. The summed E-state index contributed by atoms with van der Waals surface area (Å²) in [4.78, 5) is 17.4. The zero-order valence-corrected chi connectivity index (χ0v) is 29.4. The Kier molecular flexibility index (Phi) is 11.2. The molecule has 0 aliphatic heterocycles. The third kappa shape index (κ3) is 6.67. The molecule has 3 aromatic rings. The highest BCUT2D eigenvalue weighted by molar-refractivity contribution is 8.30. The monoisotopic (exact) mass is 588 g/mol. The van der Waals surface area contributed by atoms with E-state index in [0.29, 0.717) is 18.3 Å². The minimum atomic E-state index is -2.48. The summed E-state index contributed by atoms with van der Waals surface area (Å²) in [5.74, 6) is 1.68. The molecule has 0 heterocycles. The molecule has 0 bridgehead atoms. The van der Waals surface area contributed by atoms with Crippen molar-refractivity contribution >= 4 is 16.3 Å². The van der Waals surface area contributed by atoms with Gasteiger partial charge in [-0.1, -0.05) is 132 Å². The van der Waals surface area contributed by atoms with Crippen LogP contribution in [0.3, 0.4) is 0 Å². The van der Waals surface area contributed by atoms with E-state index in [-0.39, 0.29) is 29.6 Å². The fraction of sp³-hybridized carbons (Fsp3) is 0.513. The van der Waals surface area contributed by atoms with E-state index < -0.39 is 10.3 Å². The quantitative estimate of drug-likeness (QED) is 0.223. The highest BCUT2D eigenvalue weighted by Gasteiger charge is 2.43. The summed E-state index contributed by atoms with van der Waals surface area (Å²) < 4.78 is 7.15.